The van der Waals surface area contributed by atoms with Gasteiger partial charge in [0.15, 0.2) is 11.6 Å². The quantitative estimate of drug-likeness (QED) is 0.391. The minimum atomic E-state index is -4.75. The molecule has 3 aromatic rings. The first-order chi connectivity index (χ1) is 16.8. The van der Waals surface area contributed by atoms with Gasteiger partial charge in [-0.15, -0.1) is 13.2 Å². The Labute approximate surface area is 205 Å². The second-order valence-electron chi connectivity index (χ2n) is 7.82. The number of nitrogens with zero attached hydrogens (tertiary/aromatic N) is 3. The lowest BCUT2D eigenvalue weighted by molar-refractivity contribution is -0.274. The molecule has 0 bridgehead atoms. The van der Waals surface area contributed by atoms with Crippen molar-refractivity contribution in [2.75, 3.05) is 23.3 Å². The molecule has 0 radical (unpaired) electrons. The fourth-order valence-corrected chi connectivity index (χ4v) is 3.95. The van der Waals surface area contributed by atoms with E-state index in [0.29, 0.717) is 28.2 Å². The van der Waals surface area contributed by atoms with Crippen LogP contribution in [-0.2, 0) is 0 Å². The third-order valence-corrected chi connectivity index (χ3v) is 5.61. The predicted molar refractivity (Wildman–Crippen MR) is 128 cm³/mol. The Morgan fingerprint density at radius 1 is 1.06 bits per heavy atom. The highest BCUT2D eigenvalue weighted by Gasteiger charge is 2.31. The van der Waals surface area contributed by atoms with E-state index in [1.54, 1.807) is 24.7 Å². The molecule has 7 nitrogen and oxygen atoms in total. The molecule has 184 valence electrons. The number of halogens is 4. The number of ether oxygens (including phenoxy) is 2. The fraction of sp³-hybridized carbons (Fsp3) is 0.250. The highest BCUT2D eigenvalue weighted by atomic mass is 35.5. The van der Waals surface area contributed by atoms with Crippen LogP contribution in [0.5, 0.6) is 17.2 Å². The standard InChI is InChI=1S/C24H23ClF3N5O2/c1-16(32-18-3-2-11-29-15-18)31-17-9-13-33(14-10-17)23-22(25)21(8-12-30-23)34-19-4-6-20(7-5-19)35-24(26,27)28/h2-8,11-12,15,17,31-32H,1,9-10,13-14H2. The summed E-state index contributed by atoms with van der Waals surface area (Å²) in [6.07, 6.45) is 1.96. The molecule has 1 aromatic carbocycles. The van der Waals surface area contributed by atoms with Crippen LogP contribution in [0.3, 0.4) is 0 Å². The number of piperidine rings is 1. The molecule has 0 atom stereocenters. The number of rotatable bonds is 8. The lowest BCUT2D eigenvalue weighted by atomic mass is 10.1. The normalized spacial score (nSPS) is 14.3. The molecule has 2 N–H and O–H groups in total. The van der Waals surface area contributed by atoms with Gasteiger partial charge < -0.3 is 25.0 Å². The van der Waals surface area contributed by atoms with E-state index in [2.05, 4.69) is 36.8 Å². The average Bonchev–Trinajstić information content (AvgIpc) is 2.82. The van der Waals surface area contributed by atoms with Gasteiger partial charge in [-0.1, -0.05) is 18.2 Å². The predicted octanol–water partition coefficient (Wildman–Crippen LogP) is 5.96. The van der Waals surface area contributed by atoms with Gasteiger partial charge in [0.1, 0.15) is 16.5 Å². The van der Waals surface area contributed by atoms with Crippen LogP contribution < -0.4 is 25.0 Å². The second-order valence-corrected chi connectivity index (χ2v) is 8.20. The molecule has 0 unspecified atom stereocenters. The molecular formula is C24H23ClF3N5O2. The molecule has 0 spiro atoms. The van der Waals surface area contributed by atoms with Gasteiger partial charge in [-0.25, -0.2) is 4.98 Å². The van der Waals surface area contributed by atoms with Crippen molar-refractivity contribution in [1.82, 2.24) is 15.3 Å². The molecule has 1 fully saturated rings. The number of hydrogen-bond acceptors (Lipinski definition) is 7. The number of pyridine rings is 2. The van der Waals surface area contributed by atoms with Crippen molar-refractivity contribution in [3.05, 3.63) is 78.5 Å². The summed E-state index contributed by atoms with van der Waals surface area (Å²) in [5.74, 6) is 1.64. The third kappa shape index (κ3) is 6.92. The first kappa shape index (κ1) is 24.5. The van der Waals surface area contributed by atoms with E-state index >= 15 is 0 Å². The van der Waals surface area contributed by atoms with E-state index < -0.39 is 6.36 Å². The molecule has 0 aliphatic carbocycles. The smallest absolute Gasteiger partial charge is 0.456 e. The Morgan fingerprint density at radius 3 is 2.43 bits per heavy atom. The van der Waals surface area contributed by atoms with Gasteiger partial charge in [0.05, 0.1) is 17.7 Å². The molecule has 35 heavy (non-hydrogen) atoms. The van der Waals surface area contributed by atoms with Crippen molar-refractivity contribution in [2.45, 2.75) is 25.2 Å². The number of aromatic nitrogens is 2. The van der Waals surface area contributed by atoms with Gasteiger partial charge in [-0.2, -0.15) is 0 Å². The van der Waals surface area contributed by atoms with Crippen molar-refractivity contribution in [2.24, 2.45) is 0 Å². The summed E-state index contributed by atoms with van der Waals surface area (Å²) >= 11 is 6.57. The molecule has 1 aliphatic heterocycles. The highest BCUT2D eigenvalue weighted by Crippen LogP contribution is 2.37. The van der Waals surface area contributed by atoms with Crippen LogP contribution in [-0.4, -0.2) is 35.5 Å². The summed E-state index contributed by atoms with van der Waals surface area (Å²) in [4.78, 5) is 10.6. The van der Waals surface area contributed by atoms with E-state index in [1.165, 1.54) is 24.3 Å². The van der Waals surface area contributed by atoms with Crippen molar-refractivity contribution in [1.29, 1.82) is 0 Å². The SMILES string of the molecule is C=C(Nc1cccnc1)NC1CCN(c2nccc(Oc3ccc(OC(F)(F)F)cc3)c2Cl)CC1. The third-order valence-electron chi connectivity index (χ3n) is 5.25. The molecule has 11 heteroatoms. The minimum absolute atomic E-state index is 0.235. The van der Waals surface area contributed by atoms with Gasteiger partial charge in [0.25, 0.3) is 0 Å². The molecule has 3 heterocycles. The Kier molecular flexibility index (Phi) is 7.50. The van der Waals surface area contributed by atoms with Gasteiger partial charge in [-0.3, -0.25) is 4.98 Å². The van der Waals surface area contributed by atoms with E-state index in [1.807, 2.05) is 12.1 Å². The Morgan fingerprint density at radius 2 is 1.77 bits per heavy atom. The lowest BCUT2D eigenvalue weighted by Crippen LogP contribution is -2.43. The summed E-state index contributed by atoms with van der Waals surface area (Å²) in [6.45, 7) is 5.47. The maximum absolute atomic E-state index is 12.3. The van der Waals surface area contributed by atoms with E-state index in [4.69, 9.17) is 16.3 Å². The Balaban J connectivity index is 1.33. The van der Waals surface area contributed by atoms with E-state index in [9.17, 15) is 13.2 Å². The monoisotopic (exact) mass is 505 g/mol. The first-order valence-corrected chi connectivity index (χ1v) is 11.2. The zero-order chi connectivity index (χ0) is 24.8. The Bertz CT molecular complexity index is 1140. The molecule has 1 saturated heterocycles. The molecule has 0 amide bonds. The first-order valence-electron chi connectivity index (χ1n) is 10.8. The maximum atomic E-state index is 12.3. The zero-order valence-corrected chi connectivity index (χ0v) is 19.3. The summed E-state index contributed by atoms with van der Waals surface area (Å²) in [5, 5.41) is 6.92. The summed E-state index contributed by atoms with van der Waals surface area (Å²) < 4.78 is 46.7. The van der Waals surface area contributed by atoms with Gasteiger partial charge in [0, 0.05) is 37.6 Å². The number of hydrogen-bond donors (Lipinski definition) is 2. The molecule has 4 rings (SSSR count). The van der Waals surface area contributed by atoms with Gasteiger partial charge in [-0.05, 0) is 49.2 Å². The van der Waals surface area contributed by atoms with Crippen LogP contribution >= 0.6 is 11.6 Å². The topological polar surface area (TPSA) is 71.5 Å². The van der Waals surface area contributed by atoms with Crippen molar-refractivity contribution in [3.63, 3.8) is 0 Å². The van der Waals surface area contributed by atoms with Crippen LogP contribution in [0.15, 0.2) is 73.5 Å². The lowest BCUT2D eigenvalue weighted by Gasteiger charge is -2.34. The number of nitrogens with one attached hydrogen (secondary N) is 2. The molecule has 2 aromatic heterocycles. The number of alkyl halides is 3. The van der Waals surface area contributed by atoms with Crippen LogP contribution in [0.2, 0.25) is 5.02 Å². The summed E-state index contributed by atoms with van der Waals surface area (Å²) in [6, 6.07) is 10.7. The van der Waals surface area contributed by atoms with Crippen LogP contribution in [0.4, 0.5) is 24.7 Å². The van der Waals surface area contributed by atoms with Crippen LogP contribution in [0, 0.1) is 0 Å². The fourth-order valence-electron chi connectivity index (χ4n) is 3.68. The van der Waals surface area contributed by atoms with Crippen LogP contribution in [0.1, 0.15) is 12.8 Å². The van der Waals surface area contributed by atoms with Crippen molar-refractivity contribution >= 4 is 23.1 Å². The highest BCUT2D eigenvalue weighted by molar-refractivity contribution is 6.34. The van der Waals surface area contributed by atoms with Crippen molar-refractivity contribution < 1.29 is 22.6 Å². The second kappa shape index (κ2) is 10.7. The Hall–Kier alpha value is -3.66. The van der Waals surface area contributed by atoms with Gasteiger partial charge >= 0.3 is 6.36 Å². The summed E-state index contributed by atoms with van der Waals surface area (Å²) in [7, 11) is 0. The van der Waals surface area contributed by atoms with Crippen LogP contribution in [0.25, 0.3) is 0 Å². The summed E-state index contributed by atoms with van der Waals surface area (Å²) in [5.41, 5.74) is 0.859. The molecule has 1 aliphatic rings. The largest absolute Gasteiger partial charge is 0.573 e. The molecule has 0 saturated carbocycles. The maximum Gasteiger partial charge on any atom is 0.573 e. The minimum Gasteiger partial charge on any atom is -0.456 e. The van der Waals surface area contributed by atoms with E-state index in [-0.39, 0.29) is 11.8 Å². The zero-order valence-electron chi connectivity index (χ0n) is 18.6. The van der Waals surface area contributed by atoms with Crippen molar-refractivity contribution in [3.8, 4) is 17.2 Å². The number of benzene rings is 1. The van der Waals surface area contributed by atoms with E-state index in [0.717, 1.165) is 31.6 Å². The average molecular weight is 506 g/mol. The molecular weight excluding hydrogens is 483 g/mol. The number of anilines is 2. The van der Waals surface area contributed by atoms with Gasteiger partial charge in [0.2, 0.25) is 0 Å².